The van der Waals surface area contributed by atoms with Crippen LogP contribution in [0.1, 0.15) is 11.6 Å². The number of thiol groups is 1. The molecule has 0 aliphatic carbocycles. The van der Waals surface area contributed by atoms with Crippen LogP contribution in [0.4, 0.5) is 0 Å². The topological polar surface area (TPSA) is 21.3 Å². The van der Waals surface area contributed by atoms with Crippen molar-refractivity contribution in [1.29, 1.82) is 0 Å². The van der Waals surface area contributed by atoms with E-state index in [0.717, 1.165) is 24.7 Å². The van der Waals surface area contributed by atoms with E-state index in [1.165, 1.54) is 5.56 Å². The average molecular weight is 195 g/mol. The van der Waals surface area contributed by atoms with Gasteiger partial charge in [-0.05, 0) is 11.6 Å². The van der Waals surface area contributed by atoms with Gasteiger partial charge in [-0.1, -0.05) is 18.2 Å². The van der Waals surface area contributed by atoms with Crippen LogP contribution in [0.3, 0.4) is 0 Å². The molecule has 1 aliphatic rings. The van der Waals surface area contributed by atoms with Crippen molar-refractivity contribution in [2.24, 2.45) is 0 Å². The maximum Gasteiger partial charge on any atom is 0.0662 e. The van der Waals surface area contributed by atoms with Crippen molar-refractivity contribution in [3.05, 3.63) is 29.8 Å². The highest BCUT2D eigenvalue weighted by Gasteiger charge is 2.16. The fraction of sp³-hybridized carbons (Fsp3) is 0.400. The van der Waals surface area contributed by atoms with Gasteiger partial charge in [-0.3, -0.25) is 0 Å². The Morgan fingerprint density at radius 3 is 2.92 bits per heavy atom. The van der Waals surface area contributed by atoms with Gasteiger partial charge in [0, 0.05) is 11.4 Å². The summed E-state index contributed by atoms with van der Waals surface area (Å²) in [6.07, 6.45) is 0. The molecular formula is C10H13NOS. The Balaban J connectivity index is 2.18. The summed E-state index contributed by atoms with van der Waals surface area (Å²) in [4.78, 5) is 1.03. The fourth-order valence-electron chi connectivity index (χ4n) is 1.55. The van der Waals surface area contributed by atoms with Crippen LogP contribution in [0.5, 0.6) is 0 Å². The molecule has 70 valence electrons. The van der Waals surface area contributed by atoms with Crippen LogP contribution in [0.2, 0.25) is 0 Å². The van der Waals surface area contributed by atoms with Gasteiger partial charge in [-0.15, -0.1) is 12.6 Å². The minimum absolute atomic E-state index is 0.308. The molecule has 3 heteroatoms. The molecule has 13 heavy (non-hydrogen) atoms. The lowest BCUT2D eigenvalue weighted by Gasteiger charge is -2.25. The van der Waals surface area contributed by atoms with E-state index in [1.54, 1.807) is 0 Å². The maximum atomic E-state index is 5.40. The Morgan fingerprint density at radius 2 is 2.23 bits per heavy atom. The van der Waals surface area contributed by atoms with E-state index in [4.69, 9.17) is 4.74 Å². The molecule has 1 heterocycles. The van der Waals surface area contributed by atoms with Gasteiger partial charge in [-0.25, -0.2) is 0 Å². The molecule has 0 bridgehead atoms. The zero-order valence-electron chi connectivity index (χ0n) is 7.36. The number of morpholine rings is 1. The quantitative estimate of drug-likeness (QED) is 0.665. The minimum Gasteiger partial charge on any atom is -0.378 e. The third-order valence-corrected chi connectivity index (χ3v) is 2.64. The summed E-state index contributed by atoms with van der Waals surface area (Å²) in [5.74, 6) is 0. The molecule has 1 aliphatic heterocycles. The van der Waals surface area contributed by atoms with Crippen molar-refractivity contribution >= 4 is 12.6 Å². The van der Waals surface area contributed by atoms with E-state index in [-0.39, 0.29) is 0 Å². The highest BCUT2D eigenvalue weighted by molar-refractivity contribution is 7.80. The van der Waals surface area contributed by atoms with E-state index < -0.39 is 0 Å². The third kappa shape index (κ3) is 2.05. The van der Waals surface area contributed by atoms with E-state index in [0.29, 0.717) is 6.04 Å². The summed E-state index contributed by atoms with van der Waals surface area (Å²) in [6, 6.07) is 8.44. The summed E-state index contributed by atoms with van der Waals surface area (Å²) in [7, 11) is 0. The Hall–Kier alpha value is -0.510. The van der Waals surface area contributed by atoms with E-state index >= 15 is 0 Å². The van der Waals surface area contributed by atoms with Crippen LogP contribution < -0.4 is 5.32 Å². The molecule has 0 unspecified atom stereocenters. The molecule has 1 aromatic rings. The number of rotatable bonds is 1. The zero-order valence-corrected chi connectivity index (χ0v) is 8.26. The first-order valence-corrected chi connectivity index (χ1v) is 4.91. The molecule has 0 spiro atoms. The van der Waals surface area contributed by atoms with E-state index in [1.807, 2.05) is 18.2 Å². The summed E-state index contributed by atoms with van der Waals surface area (Å²) in [5.41, 5.74) is 1.23. The van der Waals surface area contributed by atoms with Gasteiger partial charge in [0.15, 0.2) is 0 Å². The van der Waals surface area contributed by atoms with Gasteiger partial charge in [0.1, 0.15) is 0 Å². The first kappa shape index (κ1) is 9.06. The van der Waals surface area contributed by atoms with Gasteiger partial charge in [0.05, 0.1) is 19.3 Å². The molecule has 1 aromatic carbocycles. The van der Waals surface area contributed by atoms with Crippen LogP contribution in [-0.2, 0) is 4.74 Å². The van der Waals surface area contributed by atoms with Crippen molar-refractivity contribution in [2.75, 3.05) is 19.8 Å². The molecule has 2 nitrogen and oxygen atoms in total. The SMILES string of the molecule is Sc1ccccc1[C@@H]1COCCN1. The second-order valence-corrected chi connectivity index (χ2v) is 3.62. The second-order valence-electron chi connectivity index (χ2n) is 3.14. The van der Waals surface area contributed by atoms with Crippen molar-refractivity contribution in [3.8, 4) is 0 Å². The monoisotopic (exact) mass is 195 g/mol. The minimum atomic E-state index is 0.308. The Morgan fingerprint density at radius 1 is 1.38 bits per heavy atom. The van der Waals surface area contributed by atoms with E-state index in [2.05, 4.69) is 24.0 Å². The highest BCUT2D eigenvalue weighted by Crippen LogP contribution is 2.22. The number of ether oxygens (including phenoxy) is 1. The molecule has 0 amide bonds. The predicted molar refractivity (Wildman–Crippen MR) is 55.3 cm³/mol. The Bertz CT molecular complexity index is 284. The number of hydrogen-bond donors (Lipinski definition) is 2. The lowest BCUT2D eigenvalue weighted by Crippen LogP contribution is -2.34. The van der Waals surface area contributed by atoms with Crippen LogP contribution in [0.25, 0.3) is 0 Å². The van der Waals surface area contributed by atoms with Crippen LogP contribution in [-0.4, -0.2) is 19.8 Å². The van der Waals surface area contributed by atoms with Crippen molar-refractivity contribution in [2.45, 2.75) is 10.9 Å². The van der Waals surface area contributed by atoms with Gasteiger partial charge in [0.2, 0.25) is 0 Å². The number of benzene rings is 1. The Kier molecular flexibility index (Phi) is 2.88. The number of nitrogens with one attached hydrogen (secondary N) is 1. The molecular weight excluding hydrogens is 182 g/mol. The molecule has 0 saturated carbocycles. The maximum absolute atomic E-state index is 5.40. The predicted octanol–water partition coefficient (Wildman–Crippen LogP) is 1.64. The second kappa shape index (κ2) is 4.13. The molecule has 1 saturated heterocycles. The van der Waals surface area contributed by atoms with Gasteiger partial charge in [-0.2, -0.15) is 0 Å². The first-order valence-electron chi connectivity index (χ1n) is 4.47. The summed E-state index contributed by atoms with van der Waals surface area (Å²) < 4.78 is 5.40. The largest absolute Gasteiger partial charge is 0.378 e. The van der Waals surface area contributed by atoms with Crippen molar-refractivity contribution in [1.82, 2.24) is 5.32 Å². The summed E-state index contributed by atoms with van der Waals surface area (Å²) in [6.45, 7) is 2.48. The van der Waals surface area contributed by atoms with Crippen molar-refractivity contribution < 1.29 is 4.74 Å². The van der Waals surface area contributed by atoms with Gasteiger partial charge >= 0.3 is 0 Å². The zero-order chi connectivity index (χ0) is 9.10. The lowest BCUT2D eigenvalue weighted by molar-refractivity contribution is 0.0761. The molecule has 1 N–H and O–H groups in total. The molecule has 1 atom stereocenters. The average Bonchev–Trinajstić information content (AvgIpc) is 2.20. The lowest BCUT2D eigenvalue weighted by atomic mass is 10.1. The standard InChI is InChI=1S/C10H13NOS/c13-10-4-2-1-3-8(10)9-7-12-6-5-11-9/h1-4,9,11,13H,5-7H2/t9-/m0/s1. The molecule has 2 rings (SSSR count). The van der Waals surface area contributed by atoms with Crippen LogP contribution in [0, 0.1) is 0 Å². The third-order valence-electron chi connectivity index (χ3n) is 2.23. The van der Waals surface area contributed by atoms with Crippen molar-refractivity contribution in [3.63, 3.8) is 0 Å². The number of hydrogen-bond acceptors (Lipinski definition) is 3. The first-order chi connectivity index (χ1) is 6.38. The Labute approximate surface area is 83.7 Å². The van der Waals surface area contributed by atoms with Crippen LogP contribution in [0.15, 0.2) is 29.2 Å². The fourth-order valence-corrected chi connectivity index (χ4v) is 1.86. The summed E-state index contributed by atoms with van der Waals surface area (Å²) in [5, 5.41) is 3.40. The van der Waals surface area contributed by atoms with Gasteiger partial charge < -0.3 is 10.1 Å². The summed E-state index contributed by atoms with van der Waals surface area (Å²) >= 11 is 4.41. The normalized spacial score (nSPS) is 23.0. The van der Waals surface area contributed by atoms with Gasteiger partial charge in [0.25, 0.3) is 0 Å². The van der Waals surface area contributed by atoms with Crippen LogP contribution >= 0.6 is 12.6 Å². The van der Waals surface area contributed by atoms with E-state index in [9.17, 15) is 0 Å². The highest BCUT2D eigenvalue weighted by atomic mass is 32.1. The molecule has 0 radical (unpaired) electrons. The molecule has 0 aromatic heterocycles. The smallest absolute Gasteiger partial charge is 0.0662 e. The molecule has 1 fully saturated rings.